The number of benzene rings is 2. The Morgan fingerprint density at radius 2 is 1.88 bits per heavy atom. The van der Waals surface area contributed by atoms with E-state index in [-0.39, 0.29) is 34.6 Å². The van der Waals surface area contributed by atoms with E-state index < -0.39 is 17.0 Å². The summed E-state index contributed by atoms with van der Waals surface area (Å²) in [5, 5.41) is -0.183. The number of rotatable bonds is 6. The van der Waals surface area contributed by atoms with Gasteiger partial charge in [-0.2, -0.15) is 0 Å². The molecule has 0 aromatic heterocycles. The van der Waals surface area contributed by atoms with Crippen LogP contribution in [0, 0.1) is 5.82 Å². The Morgan fingerprint density at radius 3 is 2.64 bits per heavy atom. The van der Waals surface area contributed by atoms with Gasteiger partial charge in [0.2, 0.25) is 5.91 Å². The van der Waals surface area contributed by atoms with E-state index in [1.807, 2.05) is 0 Å². The molecule has 2 aromatic carbocycles. The molecule has 2 aliphatic heterocycles. The van der Waals surface area contributed by atoms with Crippen LogP contribution in [0.15, 0.2) is 47.4 Å². The van der Waals surface area contributed by atoms with Crippen molar-refractivity contribution in [2.45, 2.75) is 25.9 Å². The van der Waals surface area contributed by atoms with Gasteiger partial charge in [0.15, 0.2) is 0 Å². The quantitative estimate of drug-likeness (QED) is 0.529. The summed E-state index contributed by atoms with van der Waals surface area (Å²) in [6.07, 6.45) is 4.55. The Labute approximate surface area is 200 Å². The SMILES string of the molecule is O=C(CN1C(=O)S/C(=C\c2cccc(OCc3c(F)cccc3Cl)c2)C1=O)N1CCCCC1. The molecule has 0 aliphatic carbocycles. The molecule has 4 rings (SSSR count). The number of hydrogen-bond donors (Lipinski definition) is 0. The zero-order valence-corrected chi connectivity index (χ0v) is 19.3. The van der Waals surface area contributed by atoms with Gasteiger partial charge in [-0.05, 0) is 66.9 Å². The average molecular weight is 489 g/mol. The summed E-state index contributed by atoms with van der Waals surface area (Å²) in [7, 11) is 0. The summed E-state index contributed by atoms with van der Waals surface area (Å²) in [6.45, 7) is 1.03. The van der Waals surface area contributed by atoms with Gasteiger partial charge < -0.3 is 9.64 Å². The van der Waals surface area contributed by atoms with Crippen molar-refractivity contribution in [2.24, 2.45) is 0 Å². The van der Waals surface area contributed by atoms with Crippen LogP contribution in [0.1, 0.15) is 30.4 Å². The highest BCUT2D eigenvalue weighted by molar-refractivity contribution is 8.18. The van der Waals surface area contributed by atoms with E-state index in [0.717, 1.165) is 35.9 Å². The number of ether oxygens (including phenoxy) is 1. The normalized spacial score (nSPS) is 17.7. The number of thioether (sulfide) groups is 1. The van der Waals surface area contributed by atoms with Crippen molar-refractivity contribution in [3.8, 4) is 5.75 Å². The van der Waals surface area contributed by atoms with Crippen LogP contribution in [-0.4, -0.2) is 46.5 Å². The molecule has 0 N–H and O–H groups in total. The summed E-state index contributed by atoms with van der Waals surface area (Å²) in [5.41, 5.74) is 0.893. The minimum atomic E-state index is -0.486. The molecule has 0 saturated carbocycles. The fourth-order valence-electron chi connectivity index (χ4n) is 3.69. The first-order valence-electron chi connectivity index (χ1n) is 10.6. The summed E-state index contributed by atoms with van der Waals surface area (Å²) < 4.78 is 19.6. The van der Waals surface area contributed by atoms with Gasteiger partial charge in [-0.3, -0.25) is 19.3 Å². The Bertz CT molecular complexity index is 1100. The molecule has 2 fully saturated rings. The first-order valence-corrected chi connectivity index (χ1v) is 11.8. The third-order valence-electron chi connectivity index (χ3n) is 5.48. The van der Waals surface area contributed by atoms with E-state index in [1.165, 1.54) is 12.1 Å². The lowest BCUT2D eigenvalue weighted by atomic mass is 10.1. The molecule has 2 saturated heterocycles. The van der Waals surface area contributed by atoms with E-state index >= 15 is 0 Å². The van der Waals surface area contributed by atoms with E-state index in [9.17, 15) is 18.8 Å². The first-order chi connectivity index (χ1) is 15.9. The third-order valence-corrected chi connectivity index (χ3v) is 6.74. The van der Waals surface area contributed by atoms with Gasteiger partial charge in [-0.25, -0.2) is 4.39 Å². The highest BCUT2D eigenvalue weighted by atomic mass is 35.5. The number of piperidine rings is 1. The molecule has 3 amide bonds. The molecule has 6 nitrogen and oxygen atoms in total. The Balaban J connectivity index is 1.42. The maximum atomic E-state index is 14.0. The number of carbonyl (C=O) groups is 3. The number of likely N-dealkylation sites (tertiary alicyclic amines) is 1. The second-order valence-corrected chi connectivity index (χ2v) is 9.17. The van der Waals surface area contributed by atoms with Crippen molar-refractivity contribution in [1.29, 1.82) is 0 Å². The molecule has 172 valence electrons. The number of amides is 3. The summed E-state index contributed by atoms with van der Waals surface area (Å²) >= 11 is 6.84. The number of carbonyl (C=O) groups excluding carboxylic acids is 3. The average Bonchev–Trinajstić information content (AvgIpc) is 3.07. The molecular weight excluding hydrogens is 467 g/mol. The van der Waals surface area contributed by atoms with Crippen molar-refractivity contribution in [3.05, 3.63) is 69.3 Å². The van der Waals surface area contributed by atoms with Crippen LogP contribution in [0.3, 0.4) is 0 Å². The van der Waals surface area contributed by atoms with Gasteiger partial charge in [-0.1, -0.05) is 29.8 Å². The number of hydrogen-bond acceptors (Lipinski definition) is 5. The predicted octanol–water partition coefficient (Wildman–Crippen LogP) is 5.11. The van der Waals surface area contributed by atoms with Gasteiger partial charge in [0.25, 0.3) is 11.1 Å². The molecule has 2 heterocycles. The van der Waals surface area contributed by atoms with Crippen molar-refractivity contribution in [2.75, 3.05) is 19.6 Å². The standard InChI is InChI=1S/C24H22ClFN2O4S/c25-19-8-5-9-20(26)18(19)15-32-17-7-4-6-16(12-17)13-21-23(30)28(24(31)33-21)14-22(29)27-10-2-1-3-11-27/h4-9,12-13H,1-3,10-11,14-15H2/b21-13-. The van der Waals surface area contributed by atoms with E-state index in [4.69, 9.17) is 16.3 Å². The van der Waals surface area contributed by atoms with Crippen molar-refractivity contribution in [3.63, 3.8) is 0 Å². The smallest absolute Gasteiger partial charge is 0.294 e. The van der Waals surface area contributed by atoms with Crippen LogP contribution in [0.4, 0.5) is 9.18 Å². The van der Waals surface area contributed by atoms with Gasteiger partial charge in [0.05, 0.1) is 9.93 Å². The molecule has 0 spiro atoms. The number of halogens is 2. The van der Waals surface area contributed by atoms with Gasteiger partial charge in [0.1, 0.15) is 24.7 Å². The zero-order chi connectivity index (χ0) is 23.4. The third kappa shape index (κ3) is 5.57. The minimum absolute atomic E-state index is 0.0515. The Kier molecular flexibility index (Phi) is 7.35. The van der Waals surface area contributed by atoms with E-state index in [0.29, 0.717) is 24.4 Å². The van der Waals surface area contributed by atoms with E-state index in [2.05, 4.69) is 0 Å². The first kappa shape index (κ1) is 23.3. The van der Waals surface area contributed by atoms with Crippen LogP contribution >= 0.6 is 23.4 Å². The lowest BCUT2D eigenvalue weighted by Crippen LogP contribution is -2.44. The zero-order valence-electron chi connectivity index (χ0n) is 17.8. The highest BCUT2D eigenvalue weighted by Crippen LogP contribution is 2.33. The van der Waals surface area contributed by atoms with Crippen molar-refractivity contribution >= 4 is 46.5 Å². The van der Waals surface area contributed by atoms with Crippen molar-refractivity contribution in [1.82, 2.24) is 9.80 Å². The predicted molar refractivity (Wildman–Crippen MR) is 125 cm³/mol. The molecular formula is C24H22ClFN2O4S. The maximum absolute atomic E-state index is 14.0. The van der Waals surface area contributed by atoms with Crippen LogP contribution in [-0.2, 0) is 16.2 Å². The molecule has 33 heavy (non-hydrogen) atoms. The van der Waals surface area contributed by atoms with Gasteiger partial charge in [0, 0.05) is 18.7 Å². The lowest BCUT2D eigenvalue weighted by molar-refractivity contribution is -0.136. The summed E-state index contributed by atoms with van der Waals surface area (Å²) in [6, 6.07) is 11.3. The fraction of sp³-hybridized carbons (Fsp3) is 0.292. The van der Waals surface area contributed by atoms with E-state index in [1.54, 1.807) is 41.3 Å². The van der Waals surface area contributed by atoms with Gasteiger partial charge >= 0.3 is 0 Å². The minimum Gasteiger partial charge on any atom is -0.489 e. The number of imide groups is 1. The maximum Gasteiger partial charge on any atom is 0.294 e. The van der Waals surface area contributed by atoms with Gasteiger partial charge in [-0.15, -0.1) is 0 Å². The fourth-order valence-corrected chi connectivity index (χ4v) is 4.74. The molecule has 0 unspecified atom stereocenters. The summed E-state index contributed by atoms with van der Waals surface area (Å²) in [5.74, 6) is -0.686. The van der Waals surface area contributed by atoms with Crippen LogP contribution in [0.5, 0.6) is 5.75 Å². The topological polar surface area (TPSA) is 66.9 Å². The number of nitrogens with zero attached hydrogens (tertiary/aromatic N) is 2. The second-order valence-electron chi connectivity index (χ2n) is 7.77. The van der Waals surface area contributed by atoms with Crippen LogP contribution in [0.25, 0.3) is 6.08 Å². The Morgan fingerprint density at radius 1 is 1.12 bits per heavy atom. The monoisotopic (exact) mass is 488 g/mol. The summed E-state index contributed by atoms with van der Waals surface area (Å²) in [4.78, 5) is 40.6. The highest BCUT2D eigenvalue weighted by Gasteiger charge is 2.37. The Hall–Kier alpha value is -2.84. The lowest BCUT2D eigenvalue weighted by Gasteiger charge is -2.27. The second kappa shape index (κ2) is 10.4. The van der Waals surface area contributed by atoms with Crippen LogP contribution in [0.2, 0.25) is 5.02 Å². The molecule has 2 aromatic rings. The molecule has 0 bridgehead atoms. The largest absolute Gasteiger partial charge is 0.489 e. The van der Waals surface area contributed by atoms with Crippen molar-refractivity contribution < 1.29 is 23.5 Å². The molecule has 0 radical (unpaired) electrons. The molecule has 0 atom stereocenters. The molecule has 9 heteroatoms. The van der Waals surface area contributed by atoms with Crippen LogP contribution < -0.4 is 4.74 Å². The molecule has 2 aliphatic rings.